The molecule has 0 bridgehead atoms. The van der Waals surface area contributed by atoms with Crippen LogP contribution in [0.25, 0.3) is 0 Å². The number of ether oxygens (including phenoxy) is 2. The first-order valence-electron chi connectivity index (χ1n) is 8.74. The number of benzene rings is 2. The van der Waals surface area contributed by atoms with Gasteiger partial charge in [-0.25, -0.2) is 4.79 Å². The van der Waals surface area contributed by atoms with Crippen molar-refractivity contribution in [3.05, 3.63) is 59.7 Å². The number of amides is 1. The molecule has 1 N–H and O–H groups in total. The highest BCUT2D eigenvalue weighted by atomic mass is 16.6. The summed E-state index contributed by atoms with van der Waals surface area (Å²) in [6.07, 6.45) is 0.970. The van der Waals surface area contributed by atoms with Gasteiger partial charge in [0.25, 0.3) is 5.91 Å². The summed E-state index contributed by atoms with van der Waals surface area (Å²) in [5, 5.41) is 2.81. The number of carbonyl (C=O) groups excluding carboxylic acids is 2. The van der Waals surface area contributed by atoms with Crippen LogP contribution in [-0.2, 0) is 14.3 Å². The van der Waals surface area contributed by atoms with Crippen molar-refractivity contribution < 1.29 is 19.1 Å². The Hall–Kier alpha value is -2.82. The predicted molar refractivity (Wildman–Crippen MR) is 101 cm³/mol. The van der Waals surface area contributed by atoms with E-state index in [4.69, 9.17) is 9.47 Å². The van der Waals surface area contributed by atoms with Crippen molar-refractivity contribution >= 4 is 17.6 Å². The largest absolute Gasteiger partial charge is 0.482 e. The quantitative estimate of drug-likeness (QED) is 0.725. The summed E-state index contributed by atoms with van der Waals surface area (Å²) >= 11 is 0. The van der Waals surface area contributed by atoms with Crippen molar-refractivity contribution in [3.63, 3.8) is 0 Å². The summed E-state index contributed by atoms with van der Waals surface area (Å²) in [5.41, 5.74) is 2.75. The molecule has 26 heavy (non-hydrogen) atoms. The number of carbonyl (C=O) groups is 2. The fraction of sp³-hybridized carbons (Fsp3) is 0.333. The fourth-order valence-electron chi connectivity index (χ4n) is 2.49. The van der Waals surface area contributed by atoms with Gasteiger partial charge in [-0.2, -0.15) is 0 Å². The molecule has 0 heterocycles. The molecule has 1 amide bonds. The topological polar surface area (TPSA) is 64.6 Å². The highest BCUT2D eigenvalue weighted by Gasteiger charge is 2.13. The van der Waals surface area contributed by atoms with Gasteiger partial charge in [0.1, 0.15) is 5.75 Å². The van der Waals surface area contributed by atoms with E-state index in [2.05, 4.69) is 19.2 Å². The van der Waals surface area contributed by atoms with Gasteiger partial charge in [0.05, 0.1) is 0 Å². The van der Waals surface area contributed by atoms with E-state index in [1.807, 2.05) is 49.4 Å². The van der Waals surface area contributed by atoms with E-state index < -0.39 is 5.97 Å². The molecule has 2 rings (SSSR count). The van der Waals surface area contributed by atoms with Crippen LogP contribution in [-0.4, -0.2) is 25.1 Å². The smallest absolute Gasteiger partial charge is 0.344 e. The zero-order valence-electron chi connectivity index (χ0n) is 15.5. The Balaban J connectivity index is 1.82. The normalized spacial score (nSPS) is 11.5. The van der Waals surface area contributed by atoms with E-state index in [0.29, 0.717) is 11.7 Å². The standard InChI is InChI=1S/C21H25NO4/c1-4-15(2)17-10-6-7-11-18(17)22-20(23)13-26-21(24)14-25-19-12-8-5-9-16(19)3/h5-12,15H,4,13-14H2,1-3H3,(H,22,23)/t15-/m0/s1. The average molecular weight is 355 g/mol. The third-order valence-electron chi connectivity index (χ3n) is 4.18. The van der Waals surface area contributed by atoms with E-state index in [1.165, 1.54) is 0 Å². The molecule has 5 heteroatoms. The van der Waals surface area contributed by atoms with Crippen LogP contribution in [0.1, 0.15) is 37.3 Å². The number of esters is 1. The van der Waals surface area contributed by atoms with Gasteiger partial charge >= 0.3 is 5.97 Å². The second kappa shape index (κ2) is 9.61. The highest BCUT2D eigenvalue weighted by Crippen LogP contribution is 2.26. The van der Waals surface area contributed by atoms with Crippen molar-refractivity contribution in [1.29, 1.82) is 0 Å². The molecular formula is C21H25NO4. The van der Waals surface area contributed by atoms with Crippen LogP contribution in [0.3, 0.4) is 0 Å². The molecule has 5 nitrogen and oxygen atoms in total. The summed E-state index contributed by atoms with van der Waals surface area (Å²) in [5.74, 6) is -0.00319. The predicted octanol–water partition coefficient (Wildman–Crippen LogP) is 4.07. The third-order valence-corrected chi connectivity index (χ3v) is 4.18. The van der Waals surface area contributed by atoms with Crippen LogP contribution < -0.4 is 10.1 Å². The van der Waals surface area contributed by atoms with Crippen LogP contribution >= 0.6 is 0 Å². The van der Waals surface area contributed by atoms with Crippen LogP contribution in [0.15, 0.2) is 48.5 Å². The minimum absolute atomic E-state index is 0.235. The molecule has 0 aromatic heterocycles. The Bertz CT molecular complexity index is 757. The zero-order valence-corrected chi connectivity index (χ0v) is 15.5. The van der Waals surface area contributed by atoms with Crippen LogP contribution in [0.4, 0.5) is 5.69 Å². The number of hydrogen-bond acceptors (Lipinski definition) is 4. The average Bonchev–Trinajstić information content (AvgIpc) is 2.65. The maximum absolute atomic E-state index is 12.1. The Morgan fingerprint density at radius 2 is 1.73 bits per heavy atom. The van der Waals surface area contributed by atoms with Gasteiger partial charge in [-0.15, -0.1) is 0 Å². The molecule has 138 valence electrons. The van der Waals surface area contributed by atoms with E-state index in [1.54, 1.807) is 6.07 Å². The lowest BCUT2D eigenvalue weighted by Crippen LogP contribution is -2.24. The first-order valence-corrected chi connectivity index (χ1v) is 8.74. The molecule has 2 aromatic rings. The summed E-state index contributed by atoms with van der Waals surface area (Å²) in [4.78, 5) is 23.9. The van der Waals surface area contributed by atoms with E-state index in [9.17, 15) is 9.59 Å². The summed E-state index contributed by atoms with van der Waals surface area (Å²) in [6, 6.07) is 15.0. The van der Waals surface area contributed by atoms with Gasteiger partial charge < -0.3 is 14.8 Å². The SMILES string of the molecule is CC[C@H](C)c1ccccc1NC(=O)COC(=O)COc1ccccc1C. The van der Waals surface area contributed by atoms with Crippen LogP contribution in [0.5, 0.6) is 5.75 Å². The first kappa shape index (κ1) is 19.5. The third kappa shape index (κ3) is 5.62. The number of aryl methyl sites for hydroxylation is 1. The van der Waals surface area contributed by atoms with E-state index >= 15 is 0 Å². The lowest BCUT2D eigenvalue weighted by atomic mass is 9.97. The summed E-state index contributed by atoms with van der Waals surface area (Å²) in [6.45, 7) is 5.52. The van der Waals surface area contributed by atoms with Crippen LogP contribution in [0.2, 0.25) is 0 Å². The number of para-hydroxylation sites is 2. The molecule has 0 aliphatic carbocycles. The second-order valence-corrected chi connectivity index (χ2v) is 6.16. The maximum Gasteiger partial charge on any atom is 0.344 e. The number of hydrogen-bond donors (Lipinski definition) is 1. The lowest BCUT2D eigenvalue weighted by molar-refractivity contribution is -0.149. The van der Waals surface area contributed by atoms with E-state index in [-0.39, 0.29) is 19.1 Å². The number of anilines is 1. The molecule has 2 aromatic carbocycles. The van der Waals surface area contributed by atoms with Gasteiger partial charge in [0.15, 0.2) is 13.2 Å². The van der Waals surface area contributed by atoms with Crippen LogP contribution in [0, 0.1) is 6.92 Å². The molecule has 0 saturated carbocycles. The molecule has 0 fully saturated rings. The number of rotatable bonds is 8. The lowest BCUT2D eigenvalue weighted by Gasteiger charge is -2.15. The Kier molecular flexibility index (Phi) is 7.21. The van der Waals surface area contributed by atoms with Crippen molar-refractivity contribution in [2.45, 2.75) is 33.1 Å². The highest BCUT2D eigenvalue weighted by molar-refractivity contribution is 5.93. The van der Waals surface area contributed by atoms with Gasteiger partial charge in [0.2, 0.25) is 0 Å². The van der Waals surface area contributed by atoms with Gasteiger partial charge in [-0.1, -0.05) is 50.2 Å². The Morgan fingerprint density at radius 3 is 2.46 bits per heavy atom. The Labute approximate surface area is 154 Å². The molecule has 0 radical (unpaired) electrons. The minimum Gasteiger partial charge on any atom is -0.482 e. The molecule has 0 aliphatic heterocycles. The molecule has 0 spiro atoms. The molecular weight excluding hydrogens is 330 g/mol. The van der Waals surface area contributed by atoms with Crippen molar-refractivity contribution in [1.82, 2.24) is 0 Å². The first-order chi connectivity index (χ1) is 12.5. The van der Waals surface area contributed by atoms with Gasteiger partial charge in [-0.3, -0.25) is 4.79 Å². The van der Waals surface area contributed by atoms with Crippen molar-refractivity contribution in [3.8, 4) is 5.75 Å². The molecule has 0 aliphatic rings. The summed E-state index contributed by atoms with van der Waals surface area (Å²) < 4.78 is 10.4. The second-order valence-electron chi connectivity index (χ2n) is 6.16. The minimum atomic E-state index is -0.585. The zero-order chi connectivity index (χ0) is 18.9. The Morgan fingerprint density at radius 1 is 1.04 bits per heavy atom. The van der Waals surface area contributed by atoms with Crippen molar-refractivity contribution in [2.75, 3.05) is 18.5 Å². The fourth-order valence-corrected chi connectivity index (χ4v) is 2.49. The van der Waals surface area contributed by atoms with Gasteiger partial charge in [-0.05, 0) is 42.5 Å². The monoisotopic (exact) mass is 355 g/mol. The van der Waals surface area contributed by atoms with Gasteiger partial charge in [0, 0.05) is 5.69 Å². The molecule has 1 atom stereocenters. The number of nitrogens with one attached hydrogen (secondary N) is 1. The molecule has 0 unspecified atom stereocenters. The van der Waals surface area contributed by atoms with Crippen molar-refractivity contribution in [2.24, 2.45) is 0 Å². The van der Waals surface area contributed by atoms with E-state index in [0.717, 1.165) is 23.2 Å². The summed E-state index contributed by atoms with van der Waals surface area (Å²) in [7, 11) is 0. The molecule has 0 saturated heterocycles. The maximum atomic E-state index is 12.1.